The molecule has 86 valence electrons. The smallest absolute Gasteiger partial charge is 0.271 e. The molecule has 0 saturated carbocycles. The first-order valence-electron chi connectivity index (χ1n) is 5.12. The molecule has 2 N–H and O–H groups in total. The second-order valence-electron chi connectivity index (χ2n) is 3.35. The molecule has 2 heterocycles. The van der Waals surface area contributed by atoms with Gasteiger partial charge in [-0.05, 0) is 17.5 Å². The van der Waals surface area contributed by atoms with Crippen LogP contribution in [0.4, 0.5) is 0 Å². The number of hydrogen-bond donors (Lipinski definition) is 2. The zero-order valence-electron chi connectivity index (χ0n) is 9.06. The Hall–Kier alpha value is -2.06. The van der Waals surface area contributed by atoms with Gasteiger partial charge in [0.25, 0.3) is 5.91 Å². The maximum atomic E-state index is 11.6. The van der Waals surface area contributed by atoms with E-state index in [9.17, 15) is 4.79 Å². The highest BCUT2D eigenvalue weighted by Crippen LogP contribution is 2.22. The van der Waals surface area contributed by atoms with Crippen LogP contribution < -0.4 is 5.32 Å². The first-order valence-corrected chi connectivity index (χ1v) is 6.00. The Balaban J connectivity index is 2.04. The van der Waals surface area contributed by atoms with Gasteiger partial charge in [0.1, 0.15) is 0 Å². The first kappa shape index (κ1) is 11.4. The summed E-state index contributed by atoms with van der Waals surface area (Å²) in [4.78, 5) is 12.7. The van der Waals surface area contributed by atoms with E-state index in [4.69, 9.17) is 6.42 Å². The fraction of sp³-hybridized carbons (Fsp3) is 0.167. The van der Waals surface area contributed by atoms with Crippen LogP contribution in [0.2, 0.25) is 0 Å². The van der Waals surface area contributed by atoms with Crippen molar-refractivity contribution in [1.82, 2.24) is 15.5 Å². The summed E-state index contributed by atoms with van der Waals surface area (Å²) in [5, 5.41) is 11.5. The fourth-order valence-corrected chi connectivity index (χ4v) is 2.03. The van der Waals surface area contributed by atoms with Crippen LogP contribution in [0.5, 0.6) is 0 Å². The molecule has 17 heavy (non-hydrogen) atoms. The minimum atomic E-state index is -0.209. The Kier molecular flexibility index (Phi) is 3.58. The SMILES string of the molecule is C#CCCNC(=O)c1cc(-c2cccs2)[nH]n1. The van der Waals surface area contributed by atoms with Crippen molar-refractivity contribution in [3.05, 3.63) is 29.3 Å². The number of H-pyrrole nitrogens is 1. The molecule has 2 aromatic rings. The Morgan fingerprint density at radius 3 is 3.24 bits per heavy atom. The molecular formula is C12H11N3OS. The van der Waals surface area contributed by atoms with Crippen molar-refractivity contribution in [2.75, 3.05) is 6.54 Å². The lowest BCUT2D eigenvalue weighted by Gasteiger charge is -1.97. The normalized spacial score (nSPS) is 9.82. The van der Waals surface area contributed by atoms with Gasteiger partial charge in [0.2, 0.25) is 0 Å². The Morgan fingerprint density at radius 1 is 1.65 bits per heavy atom. The largest absolute Gasteiger partial charge is 0.350 e. The molecule has 1 amide bonds. The summed E-state index contributed by atoms with van der Waals surface area (Å²) in [6, 6.07) is 5.66. The number of aromatic nitrogens is 2. The van der Waals surface area contributed by atoms with E-state index in [0.717, 1.165) is 10.6 Å². The number of carbonyl (C=O) groups excluding carboxylic acids is 1. The van der Waals surface area contributed by atoms with Crippen molar-refractivity contribution in [3.63, 3.8) is 0 Å². The third-order valence-corrected chi connectivity index (χ3v) is 3.06. The van der Waals surface area contributed by atoms with E-state index in [1.807, 2.05) is 17.5 Å². The maximum absolute atomic E-state index is 11.6. The minimum Gasteiger partial charge on any atom is -0.350 e. The van der Waals surface area contributed by atoms with Gasteiger partial charge in [-0.15, -0.1) is 23.7 Å². The summed E-state index contributed by atoms with van der Waals surface area (Å²) in [5.41, 5.74) is 1.23. The fourth-order valence-electron chi connectivity index (χ4n) is 1.33. The molecule has 0 radical (unpaired) electrons. The lowest BCUT2D eigenvalue weighted by atomic mass is 10.3. The number of nitrogens with zero attached hydrogens (tertiary/aromatic N) is 1. The zero-order valence-corrected chi connectivity index (χ0v) is 9.88. The van der Waals surface area contributed by atoms with Gasteiger partial charge in [-0.2, -0.15) is 5.10 Å². The van der Waals surface area contributed by atoms with Gasteiger partial charge < -0.3 is 5.32 Å². The monoisotopic (exact) mass is 245 g/mol. The van der Waals surface area contributed by atoms with E-state index in [1.165, 1.54) is 0 Å². The van der Waals surface area contributed by atoms with Crippen LogP contribution in [0.1, 0.15) is 16.9 Å². The van der Waals surface area contributed by atoms with E-state index in [1.54, 1.807) is 17.4 Å². The van der Waals surface area contributed by atoms with Crippen LogP contribution in [0.25, 0.3) is 10.6 Å². The number of nitrogens with one attached hydrogen (secondary N) is 2. The highest BCUT2D eigenvalue weighted by molar-refractivity contribution is 7.13. The molecule has 0 unspecified atom stereocenters. The molecule has 0 aromatic carbocycles. The molecule has 0 bridgehead atoms. The van der Waals surface area contributed by atoms with Gasteiger partial charge in [-0.3, -0.25) is 9.89 Å². The Morgan fingerprint density at radius 2 is 2.53 bits per heavy atom. The number of hydrogen-bond acceptors (Lipinski definition) is 3. The molecule has 2 aromatic heterocycles. The molecule has 0 aliphatic rings. The van der Waals surface area contributed by atoms with Crippen LogP contribution in [0, 0.1) is 12.3 Å². The highest BCUT2D eigenvalue weighted by Gasteiger charge is 2.10. The van der Waals surface area contributed by atoms with Crippen molar-refractivity contribution in [2.45, 2.75) is 6.42 Å². The summed E-state index contributed by atoms with van der Waals surface area (Å²) in [5.74, 6) is 2.25. The Labute approximate surface area is 103 Å². The molecule has 5 heteroatoms. The quantitative estimate of drug-likeness (QED) is 0.638. The lowest BCUT2D eigenvalue weighted by Crippen LogP contribution is -2.24. The van der Waals surface area contributed by atoms with E-state index < -0.39 is 0 Å². The molecule has 0 spiro atoms. The molecule has 2 rings (SSSR count). The first-order chi connectivity index (χ1) is 8.31. The number of rotatable bonds is 4. The van der Waals surface area contributed by atoms with Crippen LogP contribution in [-0.4, -0.2) is 22.6 Å². The van der Waals surface area contributed by atoms with Crippen LogP contribution in [0.15, 0.2) is 23.6 Å². The maximum Gasteiger partial charge on any atom is 0.271 e. The predicted octanol–water partition coefficient (Wildman–Crippen LogP) is 1.89. The number of carbonyl (C=O) groups is 1. The average Bonchev–Trinajstić information content (AvgIpc) is 3.00. The summed E-state index contributed by atoms with van der Waals surface area (Å²) in [6.07, 6.45) is 5.62. The second kappa shape index (κ2) is 5.32. The third-order valence-electron chi connectivity index (χ3n) is 2.15. The molecule has 0 fully saturated rings. The van der Waals surface area contributed by atoms with Gasteiger partial charge in [-0.25, -0.2) is 0 Å². The molecule has 4 nitrogen and oxygen atoms in total. The van der Waals surface area contributed by atoms with E-state index in [2.05, 4.69) is 21.4 Å². The number of amides is 1. The lowest BCUT2D eigenvalue weighted by molar-refractivity contribution is 0.0949. The number of terminal acetylenes is 1. The zero-order chi connectivity index (χ0) is 12.1. The van der Waals surface area contributed by atoms with E-state index in [-0.39, 0.29) is 5.91 Å². The second-order valence-corrected chi connectivity index (χ2v) is 4.30. The molecule has 0 aliphatic heterocycles. The molecular weight excluding hydrogens is 234 g/mol. The summed E-state index contributed by atoms with van der Waals surface area (Å²) < 4.78 is 0. The topological polar surface area (TPSA) is 57.8 Å². The van der Waals surface area contributed by atoms with Crippen LogP contribution in [0.3, 0.4) is 0 Å². The highest BCUT2D eigenvalue weighted by atomic mass is 32.1. The standard InChI is InChI=1S/C12H11N3OS/c1-2-3-6-13-12(16)10-8-9(14-15-10)11-5-4-7-17-11/h1,4-5,7-8H,3,6H2,(H,13,16)(H,14,15). The molecule has 0 aliphatic carbocycles. The van der Waals surface area contributed by atoms with Crippen molar-refractivity contribution in [1.29, 1.82) is 0 Å². The minimum absolute atomic E-state index is 0.209. The number of thiophene rings is 1. The van der Waals surface area contributed by atoms with Gasteiger partial charge in [-0.1, -0.05) is 6.07 Å². The van der Waals surface area contributed by atoms with E-state index in [0.29, 0.717) is 18.7 Å². The van der Waals surface area contributed by atoms with Gasteiger partial charge in [0.05, 0.1) is 10.6 Å². The molecule has 0 atom stereocenters. The van der Waals surface area contributed by atoms with Crippen molar-refractivity contribution < 1.29 is 4.79 Å². The number of aromatic amines is 1. The summed E-state index contributed by atoms with van der Waals surface area (Å²) in [7, 11) is 0. The van der Waals surface area contributed by atoms with Gasteiger partial charge >= 0.3 is 0 Å². The van der Waals surface area contributed by atoms with E-state index >= 15 is 0 Å². The molecule has 0 saturated heterocycles. The van der Waals surface area contributed by atoms with Gasteiger partial charge in [0.15, 0.2) is 5.69 Å². The van der Waals surface area contributed by atoms with Crippen molar-refractivity contribution in [2.24, 2.45) is 0 Å². The predicted molar refractivity (Wildman–Crippen MR) is 67.7 cm³/mol. The Bertz CT molecular complexity index is 536. The summed E-state index contributed by atoms with van der Waals surface area (Å²) in [6.45, 7) is 0.469. The van der Waals surface area contributed by atoms with Crippen LogP contribution in [-0.2, 0) is 0 Å². The van der Waals surface area contributed by atoms with Gasteiger partial charge in [0, 0.05) is 13.0 Å². The van der Waals surface area contributed by atoms with Crippen LogP contribution >= 0.6 is 11.3 Å². The van der Waals surface area contributed by atoms with Crippen molar-refractivity contribution in [3.8, 4) is 22.9 Å². The summed E-state index contributed by atoms with van der Waals surface area (Å²) >= 11 is 1.59. The van der Waals surface area contributed by atoms with Crippen molar-refractivity contribution >= 4 is 17.2 Å². The third kappa shape index (κ3) is 2.74. The average molecular weight is 245 g/mol.